The van der Waals surface area contributed by atoms with Crippen molar-refractivity contribution < 1.29 is 9.18 Å². The molecule has 1 amide bonds. The summed E-state index contributed by atoms with van der Waals surface area (Å²) in [5, 5.41) is 6.42. The molecule has 1 fully saturated rings. The second-order valence-electron chi connectivity index (χ2n) is 6.04. The fourth-order valence-corrected chi connectivity index (χ4v) is 3.02. The van der Waals surface area contributed by atoms with E-state index in [4.69, 9.17) is 0 Å². The third kappa shape index (κ3) is 3.42. The summed E-state index contributed by atoms with van der Waals surface area (Å²) in [5.74, 6) is 0.783. The van der Waals surface area contributed by atoms with Gasteiger partial charge in [0.05, 0.1) is 18.3 Å². The van der Waals surface area contributed by atoms with Crippen molar-refractivity contribution in [3.8, 4) is 0 Å². The van der Waals surface area contributed by atoms with Crippen LogP contribution in [0.25, 0.3) is 0 Å². The van der Waals surface area contributed by atoms with Crippen molar-refractivity contribution in [2.75, 3.05) is 20.1 Å². The number of imidazole rings is 1. The number of likely N-dealkylation sites (N-methyl/N-ethyl adjacent to an activating group) is 1. The zero-order valence-electron chi connectivity index (χ0n) is 13.3. The van der Waals surface area contributed by atoms with Gasteiger partial charge in [0, 0.05) is 51.8 Å². The molecule has 0 unspecified atom stereocenters. The van der Waals surface area contributed by atoms with Crippen molar-refractivity contribution in [3.63, 3.8) is 0 Å². The molecule has 0 spiro atoms. The van der Waals surface area contributed by atoms with Gasteiger partial charge in [0.15, 0.2) is 0 Å². The number of rotatable bonds is 5. The number of carbonyl (C=O) groups is 1. The van der Waals surface area contributed by atoms with Gasteiger partial charge >= 0.3 is 0 Å². The van der Waals surface area contributed by atoms with Gasteiger partial charge in [-0.15, -0.1) is 0 Å². The van der Waals surface area contributed by atoms with Gasteiger partial charge < -0.3 is 9.47 Å². The molecule has 2 atom stereocenters. The summed E-state index contributed by atoms with van der Waals surface area (Å²) in [5.41, 5.74) is 0.512. The number of alkyl halides is 1. The Balaban J connectivity index is 1.65. The number of hydrogen-bond acceptors (Lipinski definition) is 4. The minimum atomic E-state index is -0.863. The first kappa shape index (κ1) is 15.7. The molecule has 0 aliphatic carbocycles. The van der Waals surface area contributed by atoms with Crippen LogP contribution in [0.4, 0.5) is 4.39 Å². The Morgan fingerprint density at radius 3 is 3.04 bits per heavy atom. The highest BCUT2D eigenvalue weighted by molar-refractivity contribution is 5.93. The maximum atomic E-state index is 13.9. The molecule has 1 aliphatic heterocycles. The number of amides is 1. The Labute approximate surface area is 134 Å². The van der Waals surface area contributed by atoms with E-state index >= 15 is 0 Å². The molecular weight excluding hydrogens is 299 g/mol. The monoisotopic (exact) mass is 320 g/mol. The average molecular weight is 320 g/mol. The third-order valence-electron chi connectivity index (χ3n) is 4.32. The summed E-state index contributed by atoms with van der Waals surface area (Å²) in [6.45, 7) is 1.45. The van der Waals surface area contributed by atoms with Crippen LogP contribution in [0.2, 0.25) is 0 Å². The highest BCUT2D eigenvalue weighted by Gasteiger charge is 2.34. The lowest BCUT2D eigenvalue weighted by Crippen LogP contribution is -2.41. The van der Waals surface area contributed by atoms with E-state index in [9.17, 15) is 9.18 Å². The van der Waals surface area contributed by atoms with Gasteiger partial charge in [-0.05, 0) is 6.42 Å². The molecule has 0 radical (unpaired) electrons. The predicted molar refractivity (Wildman–Crippen MR) is 82.5 cm³/mol. The molecule has 3 rings (SSSR count). The number of hydrogen-bond donors (Lipinski definition) is 1. The minimum absolute atomic E-state index is 0.0115. The summed E-state index contributed by atoms with van der Waals surface area (Å²) < 4.78 is 15.8. The molecule has 3 heterocycles. The second-order valence-corrected chi connectivity index (χ2v) is 6.04. The van der Waals surface area contributed by atoms with Crippen LogP contribution < -0.4 is 0 Å². The molecule has 2 aromatic rings. The molecule has 0 bridgehead atoms. The first-order valence-corrected chi connectivity index (χ1v) is 7.63. The summed E-state index contributed by atoms with van der Waals surface area (Å²) in [4.78, 5) is 20.3. The summed E-state index contributed by atoms with van der Waals surface area (Å²) in [7, 11) is 3.66. The fraction of sp³-hybridized carbons (Fsp3) is 0.533. The zero-order valence-corrected chi connectivity index (χ0v) is 13.3. The second kappa shape index (κ2) is 6.49. The van der Waals surface area contributed by atoms with Crippen molar-refractivity contribution >= 4 is 5.91 Å². The van der Waals surface area contributed by atoms with Crippen molar-refractivity contribution in [3.05, 3.63) is 36.2 Å². The van der Waals surface area contributed by atoms with Gasteiger partial charge in [-0.1, -0.05) is 0 Å². The van der Waals surface area contributed by atoms with E-state index < -0.39 is 6.17 Å². The van der Waals surface area contributed by atoms with Gasteiger partial charge in [0.1, 0.15) is 12.0 Å². The minimum Gasteiger partial charge on any atom is -0.340 e. The van der Waals surface area contributed by atoms with E-state index in [2.05, 4.69) is 20.1 Å². The van der Waals surface area contributed by atoms with Crippen LogP contribution in [-0.4, -0.2) is 67.8 Å². The Bertz CT molecular complexity index is 655. The molecule has 1 aliphatic rings. The first-order valence-electron chi connectivity index (χ1n) is 7.63. The van der Waals surface area contributed by atoms with Crippen LogP contribution in [0.1, 0.15) is 22.6 Å². The Hall–Kier alpha value is -2.22. The predicted octanol–water partition coefficient (Wildman–Crippen LogP) is 0.828. The summed E-state index contributed by atoms with van der Waals surface area (Å²) >= 11 is 0. The van der Waals surface area contributed by atoms with Crippen molar-refractivity contribution in [2.24, 2.45) is 7.05 Å². The maximum absolute atomic E-state index is 13.9. The molecule has 124 valence electrons. The molecule has 2 aromatic heterocycles. The number of halogens is 1. The molecule has 0 aromatic carbocycles. The van der Waals surface area contributed by atoms with Crippen LogP contribution in [0.5, 0.6) is 0 Å². The average Bonchev–Trinajstić information content (AvgIpc) is 3.23. The van der Waals surface area contributed by atoms with Crippen LogP contribution in [-0.2, 0) is 13.6 Å². The highest BCUT2D eigenvalue weighted by atomic mass is 19.1. The summed E-state index contributed by atoms with van der Waals surface area (Å²) in [6.07, 6.45) is 6.25. The van der Waals surface area contributed by atoms with Gasteiger partial charge in [-0.2, -0.15) is 5.10 Å². The van der Waals surface area contributed by atoms with Crippen molar-refractivity contribution in [2.45, 2.75) is 25.2 Å². The lowest BCUT2D eigenvalue weighted by molar-refractivity contribution is 0.0748. The summed E-state index contributed by atoms with van der Waals surface area (Å²) in [6, 6.07) is -0.0115. The van der Waals surface area contributed by atoms with Crippen LogP contribution in [0.3, 0.4) is 0 Å². The Kier molecular flexibility index (Phi) is 4.42. The highest BCUT2D eigenvalue weighted by Crippen LogP contribution is 2.23. The fourth-order valence-electron chi connectivity index (χ4n) is 3.02. The molecule has 23 heavy (non-hydrogen) atoms. The maximum Gasteiger partial charge on any atom is 0.256 e. The molecular formula is C15H21FN6O. The molecule has 7 nitrogen and oxygen atoms in total. The molecule has 1 saturated heterocycles. The number of aryl methyl sites for hydroxylation is 1. The van der Waals surface area contributed by atoms with E-state index in [0.29, 0.717) is 31.6 Å². The molecule has 0 saturated carbocycles. The number of aromatic amines is 1. The lowest BCUT2D eigenvalue weighted by atomic mass is 10.2. The Morgan fingerprint density at radius 2 is 2.39 bits per heavy atom. The van der Waals surface area contributed by atoms with Crippen LogP contribution in [0.15, 0.2) is 24.8 Å². The van der Waals surface area contributed by atoms with Crippen LogP contribution >= 0.6 is 0 Å². The smallest absolute Gasteiger partial charge is 0.256 e. The largest absolute Gasteiger partial charge is 0.340 e. The molecule has 8 heteroatoms. The third-order valence-corrected chi connectivity index (χ3v) is 4.32. The Morgan fingerprint density at radius 1 is 1.57 bits per heavy atom. The number of aromatic nitrogens is 4. The first-order chi connectivity index (χ1) is 11.0. The van der Waals surface area contributed by atoms with E-state index in [0.717, 1.165) is 5.82 Å². The van der Waals surface area contributed by atoms with Crippen molar-refractivity contribution in [1.29, 1.82) is 0 Å². The topological polar surface area (TPSA) is 70.1 Å². The van der Waals surface area contributed by atoms with Gasteiger partial charge in [0.2, 0.25) is 0 Å². The number of nitrogens with one attached hydrogen (secondary N) is 1. The van der Waals surface area contributed by atoms with Gasteiger partial charge in [0.25, 0.3) is 5.91 Å². The van der Waals surface area contributed by atoms with Gasteiger partial charge in [-0.3, -0.25) is 14.8 Å². The zero-order chi connectivity index (χ0) is 16.4. The van der Waals surface area contributed by atoms with Crippen molar-refractivity contribution in [1.82, 2.24) is 29.5 Å². The SMILES string of the molecule is CN(C[C@@H]1C[C@H](F)CN1Cc1nccn1C)C(=O)c1cn[nH]c1. The molecule has 1 N–H and O–H groups in total. The van der Waals surface area contributed by atoms with Crippen LogP contribution in [0, 0.1) is 0 Å². The standard InChI is InChI=1S/C15H21FN6O/c1-20-4-3-17-14(20)10-22-8-12(16)5-13(22)9-21(2)15(23)11-6-18-19-7-11/h3-4,6-7,12-13H,5,8-10H2,1-2H3,(H,18,19)/t12-,13-/m0/s1. The van der Waals surface area contributed by atoms with Gasteiger partial charge in [-0.25, -0.2) is 9.37 Å². The lowest BCUT2D eigenvalue weighted by Gasteiger charge is -2.28. The quantitative estimate of drug-likeness (QED) is 0.886. The van der Waals surface area contributed by atoms with E-state index in [-0.39, 0.29) is 11.9 Å². The number of carbonyl (C=O) groups excluding carboxylic acids is 1. The normalized spacial score (nSPS) is 21.7. The van der Waals surface area contributed by atoms with E-state index in [1.54, 1.807) is 24.3 Å². The number of nitrogens with zero attached hydrogens (tertiary/aromatic N) is 5. The van der Waals surface area contributed by atoms with E-state index in [1.807, 2.05) is 17.8 Å². The number of likely N-dealkylation sites (tertiary alicyclic amines) is 1. The van der Waals surface area contributed by atoms with E-state index in [1.165, 1.54) is 6.20 Å². The number of H-pyrrole nitrogens is 1.